The average molecular weight is 615 g/mol. The van der Waals surface area contributed by atoms with Crippen LogP contribution in [-0.2, 0) is 35.1 Å². The van der Waals surface area contributed by atoms with E-state index in [0.29, 0.717) is 0 Å². The van der Waals surface area contributed by atoms with Gasteiger partial charge in [-0.05, 0) is 33.7 Å². The van der Waals surface area contributed by atoms with Gasteiger partial charge < -0.3 is 31.2 Å². The summed E-state index contributed by atoms with van der Waals surface area (Å²) in [4.78, 5) is 63.9. The van der Waals surface area contributed by atoms with Crippen molar-refractivity contribution in [3.05, 3.63) is 95.6 Å². The molecule has 236 valence electrons. The van der Waals surface area contributed by atoms with Crippen molar-refractivity contribution in [2.24, 2.45) is 11.7 Å². The van der Waals surface area contributed by atoms with Crippen molar-refractivity contribution >= 4 is 29.8 Å². The lowest BCUT2D eigenvalue weighted by atomic mass is 9.98. The second-order valence-corrected chi connectivity index (χ2v) is 11.2. The van der Waals surface area contributed by atoms with E-state index >= 15 is 0 Å². The van der Waals surface area contributed by atoms with Crippen LogP contribution in [0.25, 0.3) is 11.1 Å². The molecule has 0 aromatic heterocycles. The first-order valence-electron chi connectivity index (χ1n) is 14.7. The second kappa shape index (κ2) is 15.0. The highest BCUT2D eigenvalue weighted by Crippen LogP contribution is 2.44. The predicted molar refractivity (Wildman–Crippen MR) is 167 cm³/mol. The van der Waals surface area contributed by atoms with E-state index < -0.39 is 60.2 Å². The number of fused-ring (bicyclic) bond motifs is 3. The Labute approximate surface area is 261 Å². The number of nitrogens with one attached hydrogen (secondary N) is 3. The number of primary amides is 1. The molecule has 4 rings (SSSR count). The van der Waals surface area contributed by atoms with E-state index in [1.54, 1.807) is 38.1 Å². The Morgan fingerprint density at radius 2 is 1.31 bits per heavy atom. The van der Waals surface area contributed by atoms with Gasteiger partial charge in [0.1, 0.15) is 24.7 Å². The molecule has 45 heavy (non-hydrogen) atoms. The molecule has 3 atom stereocenters. The molecule has 5 N–H and O–H groups in total. The number of methoxy groups -OCH3 is 1. The first-order valence-corrected chi connectivity index (χ1v) is 14.7. The molecule has 3 aromatic carbocycles. The van der Waals surface area contributed by atoms with Crippen LogP contribution in [-0.4, -0.2) is 61.6 Å². The molecule has 0 heterocycles. The molecule has 0 radical (unpaired) electrons. The number of hydrogen-bond acceptors (Lipinski definition) is 7. The van der Waals surface area contributed by atoms with Crippen molar-refractivity contribution in [1.29, 1.82) is 0 Å². The highest BCUT2D eigenvalue weighted by molar-refractivity contribution is 5.95. The molecule has 11 heteroatoms. The van der Waals surface area contributed by atoms with Gasteiger partial charge in [-0.2, -0.15) is 0 Å². The maximum absolute atomic E-state index is 13.4. The topological polar surface area (TPSA) is 166 Å². The van der Waals surface area contributed by atoms with Gasteiger partial charge in [-0.3, -0.25) is 14.4 Å². The summed E-state index contributed by atoms with van der Waals surface area (Å²) in [6.45, 7) is 3.48. The lowest BCUT2D eigenvalue weighted by molar-refractivity contribution is -0.145. The number of carbonyl (C=O) groups is 5. The standard InChI is InChI=1S/C34H38N4O7/c1-20(2)30(38-34(43)45-19-26-24-15-9-7-13-22(24)23-14-8-10-16-25(23)26)32(41)36-27(18-29(35)39)31(40)37-28(33(42)44-3)17-21-11-5-4-6-12-21/h4-16,20,26-28,30H,17-19H2,1-3H3,(H2,35,39)(H,36,41)(H,37,40)(H,38,43)/t27-,28-,30-/m0/s1. The smallest absolute Gasteiger partial charge is 0.407 e. The zero-order chi connectivity index (χ0) is 32.5. The number of alkyl carbamates (subject to hydrolysis) is 1. The van der Waals surface area contributed by atoms with E-state index in [1.165, 1.54) is 7.11 Å². The molecule has 0 unspecified atom stereocenters. The molecule has 0 spiro atoms. The van der Waals surface area contributed by atoms with Crippen LogP contribution in [0, 0.1) is 5.92 Å². The molecule has 4 amide bonds. The summed E-state index contributed by atoms with van der Waals surface area (Å²) in [6, 6.07) is 21.2. The van der Waals surface area contributed by atoms with Gasteiger partial charge in [0.15, 0.2) is 0 Å². The van der Waals surface area contributed by atoms with Gasteiger partial charge in [-0.1, -0.05) is 92.7 Å². The monoisotopic (exact) mass is 614 g/mol. The van der Waals surface area contributed by atoms with E-state index in [-0.39, 0.29) is 18.9 Å². The average Bonchev–Trinajstić information content (AvgIpc) is 3.35. The van der Waals surface area contributed by atoms with Crippen LogP contribution >= 0.6 is 0 Å². The number of ether oxygens (including phenoxy) is 2. The van der Waals surface area contributed by atoms with Crippen LogP contribution in [0.5, 0.6) is 0 Å². The van der Waals surface area contributed by atoms with Crippen LogP contribution in [0.1, 0.15) is 42.9 Å². The minimum atomic E-state index is -1.41. The van der Waals surface area contributed by atoms with Crippen molar-refractivity contribution in [2.75, 3.05) is 13.7 Å². The Balaban J connectivity index is 1.41. The predicted octanol–water partition coefficient (Wildman–Crippen LogP) is 2.81. The Morgan fingerprint density at radius 1 is 0.756 bits per heavy atom. The minimum Gasteiger partial charge on any atom is -0.467 e. The Kier molecular flexibility index (Phi) is 10.9. The van der Waals surface area contributed by atoms with Gasteiger partial charge in [0, 0.05) is 12.3 Å². The fourth-order valence-corrected chi connectivity index (χ4v) is 5.43. The second-order valence-electron chi connectivity index (χ2n) is 11.2. The molecule has 0 saturated carbocycles. The highest BCUT2D eigenvalue weighted by Gasteiger charge is 2.33. The fraction of sp³-hybridized carbons (Fsp3) is 0.324. The molecule has 0 fully saturated rings. The van der Waals surface area contributed by atoms with E-state index in [0.717, 1.165) is 27.8 Å². The first-order chi connectivity index (χ1) is 21.6. The van der Waals surface area contributed by atoms with E-state index in [9.17, 15) is 24.0 Å². The normalized spacial score (nSPS) is 13.9. The molecule has 3 aromatic rings. The summed E-state index contributed by atoms with van der Waals surface area (Å²) < 4.78 is 10.4. The Hall–Kier alpha value is -5.19. The molecule has 1 aliphatic carbocycles. The lowest BCUT2D eigenvalue weighted by Gasteiger charge is -2.26. The summed E-state index contributed by atoms with van der Waals surface area (Å²) in [7, 11) is 1.19. The maximum Gasteiger partial charge on any atom is 0.407 e. The number of carbonyl (C=O) groups excluding carboxylic acids is 5. The third kappa shape index (κ3) is 8.26. The van der Waals surface area contributed by atoms with Gasteiger partial charge in [0.05, 0.1) is 13.5 Å². The van der Waals surface area contributed by atoms with Crippen LogP contribution in [0.2, 0.25) is 0 Å². The SMILES string of the molecule is COC(=O)[C@H](Cc1ccccc1)NC(=O)[C@H](CC(N)=O)NC(=O)[C@@H](NC(=O)OCC1c2ccccc2-c2ccccc21)C(C)C. The van der Waals surface area contributed by atoms with Crippen molar-refractivity contribution in [3.63, 3.8) is 0 Å². The Bertz CT molecular complexity index is 1500. The van der Waals surface area contributed by atoms with Crippen molar-refractivity contribution in [1.82, 2.24) is 16.0 Å². The number of amides is 4. The molecule has 0 bridgehead atoms. The summed E-state index contributed by atoms with van der Waals surface area (Å²) in [5, 5.41) is 7.66. The van der Waals surface area contributed by atoms with Crippen molar-refractivity contribution in [3.8, 4) is 11.1 Å². The Morgan fingerprint density at radius 3 is 1.87 bits per heavy atom. The number of esters is 1. The van der Waals surface area contributed by atoms with Crippen LogP contribution in [0.3, 0.4) is 0 Å². The van der Waals surface area contributed by atoms with Crippen molar-refractivity contribution in [2.45, 2.75) is 50.7 Å². The van der Waals surface area contributed by atoms with Crippen LogP contribution in [0.4, 0.5) is 4.79 Å². The summed E-state index contributed by atoms with van der Waals surface area (Å²) in [6.07, 6.45) is -1.23. The lowest BCUT2D eigenvalue weighted by Crippen LogP contribution is -2.58. The van der Waals surface area contributed by atoms with Crippen molar-refractivity contribution < 1.29 is 33.4 Å². The minimum absolute atomic E-state index is 0.0509. The molecule has 0 aliphatic heterocycles. The zero-order valence-corrected chi connectivity index (χ0v) is 25.4. The third-order valence-electron chi connectivity index (χ3n) is 7.69. The van der Waals surface area contributed by atoms with Gasteiger partial charge in [-0.25, -0.2) is 9.59 Å². The van der Waals surface area contributed by atoms with Gasteiger partial charge >= 0.3 is 12.1 Å². The van der Waals surface area contributed by atoms with Gasteiger partial charge in [0.25, 0.3) is 0 Å². The number of rotatable bonds is 13. The quantitative estimate of drug-likeness (QED) is 0.215. The molecule has 0 saturated heterocycles. The maximum atomic E-state index is 13.4. The molecule has 1 aliphatic rings. The summed E-state index contributed by atoms with van der Waals surface area (Å²) in [5.41, 5.74) is 10.4. The largest absolute Gasteiger partial charge is 0.467 e. The van der Waals surface area contributed by atoms with Gasteiger partial charge in [0.2, 0.25) is 17.7 Å². The zero-order valence-electron chi connectivity index (χ0n) is 25.4. The van der Waals surface area contributed by atoms with Crippen LogP contribution in [0.15, 0.2) is 78.9 Å². The molecule has 11 nitrogen and oxygen atoms in total. The number of benzene rings is 3. The van der Waals surface area contributed by atoms with E-state index in [4.69, 9.17) is 15.2 Å². The number of hydrogen-bond donors (Lipinski definition) is 4. The van der Waals surface area contributed by atoms with Crippen LogP contribution < -0.4 is 21.7 Å². The summed E-state index contributed by atoms with van der Waals surface area (Å²) >= 11 is 0. The highest BCUT2D eigenvalue weighted by atomic mass is 16.5. The molecular formula is C34H38N4O7. The van der Waals surface area contributed by atoms with Gasteiger partial charge in [-0.15, -0.1) is 0 Å². The van der Waals surface area contributed by atoms with E-state index in [2.05, 4.69) is 16.0 Å². The first kappa shape index (κ1) is 32.7. The van der Waals surface area contributed by atoms with E-state index in [1.807, 2.05) is 54.6 Å². The molecular weight excluding hydrogens is 576 g/mol. The third-order valence-corrected chi connectivity index (χ3v) is 7.69. The number of nitrogens with two attached hydrogens (primary N) is 1. The summed E-state index contributed by atoms with van der Waals surface area (Å²) in [5.74, 6) is -3.66. The fourth-order valence-electron chi connectivity index (χ4n) is 5.43.